The summed E-state index contributed by atoms with van der Waals surface area (Å²) in [7, 11) is 1.64. The molecule has 0 spiro atoms. The van der Waals surface area contributed by atoms with Gasteiger partial charge < -0.3 is 20.7 Å². The van der Waals surface area contributed by atoms with E-state index in [1.54, 1.807) is 7.11 Å². The van der Waals surface area contributed by atoms with Gasteiger partial charge in [-0.25, -0.2) is 0 Å². The Bertz CT molecular complexity index is 1620. The van der Waals surface area contributed by atoms with Gasteiger partial charge >= 0.3 is 0 Å². The van der Waals surface area contributed by atoms with Gasteiger partial charge in [0.1, 0.15) is 5.75 Å². The smallest absolute Gasteiger partial charge is 0.226 e. The molecule has 4 fully saturated rings. The van der Waals surface area contributed by atoms with E-state index in [0.717, 1.165) is 56.4 Å². The fourth-order valence-corrected chi connectivity index (χ4v) is 12.0. The van der Waals surface area contributed by atoms with Crippen LogP contribution in [0.3, 0.4) is 0 Å². The average molecular weight is 688 g/mol. The van der Waals surface area contributed by atoms with Gasteiger partial charge in [-0.1, -0.05) is 60.6 Å². The van der Waals surface area contributed by atoms with Crippen molar-refractivity contribution in [3.63, 3.8) is 0 Å². The summed E-state index contributed by atoms with van der Waals surface area (Å²) in [4.78, 5) is 41.8. The zero-order valence-electron chi connectivity index (χ0n) is 30.9. The molecule has 0 aromatic heterocycles. The predicted octanol–water partition coefficient (Wildman–Crippen LogP) is 7.81. The molecule has 1 aromatic rings. The molecule has 0 saturated heterocycles. The summed E-state index contributed by atoms with van der Waals surface area (Å²) in [5.41, 5.74) is 1.15. The molecule has 0 unspecified atom stereocenters. The molecule has 49 heavy (non-hydrogen) atoms. The van der Waals surface area contributed by atoms with Gasteiger partial charge in [0.15, 0.2) is 16.7 Å². The minimum atomic E-state index is -0.527. The van der Waals surface area contributed by atoms with Crippen molar-refractivity contribution in [2.45, 2.75) is 99.8 Å². The van der Waals surface area contributed by atoms with Crippen molar-refractivity contribution >= 4 is 40.5 Å². The van der Waals surface area contributed by atoms with Crippen LogP contribution in [-0.2, 0) is 14.4 Å². The number of carbonyl (C=O) groups is 3. The monoisotopic (exact) mass is 687 g/mol. The van der Waals surface area contributed by atoms with Crippen LogP contribution in [0.5, 0.6) is 5.75 Å². The van der Waals surface area contributed by atoms with Gasteiger partial charge in [0.05, 0.1) is 7.11 Å². The Labute approximate surface area is 298 Å². The number of benzene rings is 1. The van der Waals surface area contributed by atoms with Crippen LogP contribution in [0, 0.1) is 50.2 Å². The standard InChI is InChI=1S/C41H57N3O4S/c1-25-23-39(6)31(36(2,3)33(25)46)14-15-41(8)32(39)30(45)22-28-29-24-38(5,17-16-37(29,4)18-19-40(28,41)7)34(47)42-20-21-43-35(49)44-26-10-12-27(48-9)13-11-26/h10-13,22,29,31-32H,1,14-21,23-24H2,2-9H3,(H,42,47)(H2,43,44,49)/t29-,31-,32+,37+,38-,39-,40+,41+/m0/s1. The zero-order chi connectivity index (χ0) is 35.8. The van der Waals surface area contributed by atoms with Crippen molar-refractivity contribution in [3.05, 3.63) is 48.1 Å². The van der Waals surface area contributed by atoms with E-state index in [1.807, 2.05) is 30.3 Å². The molecule has 8 atom stereocenters. The molecule has 3 N–H and O–H groups in total. The van der Waals surface area contributed by atoms with Gasteiger partial charge in [0.2, 0.25) is 5.91 Å². The summed E-state index contributed by atoms with van der Waals surface area (Å²) < 4.78 is 5.22. The molecule has 6 rings (SSSR count). The molecular weight excluding hydrogens is 631 g/mol. The average Bonchev–Trinajstić information content (AvgIpc) is 3.04. The van der Waals surface area contributed by atoms with Gasteiger partial charge in [-0.3, -0.25) is 14.4 Å². The van der Waals surface area contributed by atoms with E-state index in [2.05, 4.69) is 71.0 Å². The van der Waals surface area contributed by atoms with Gasteiger partial charge in [-0.15, -0.1) is 0 Å². The lowest BCUT2D eigenvalue weighted by molar-refractivity contribution is -0.182. The highest BCUT2D eigenvalue weighted by molar-refractivity contribution is 7.80. The molecule has 1 amide bonds. The second-order valence-corrected chi connectivity index (χ2v) is 18.4. The molecule has 4 saturated carbocycles. The fraction of sp³-hybridized carbons (Fsp3) is 0.659. The normalized spacial score (nSPS) is 39.3. The minimum absolute atomic E-state index is 0.0596. The van der Waals surface area contributed by atoms with E-state index in [9.17, 15) is 14.4 Å². The molecule has 0 heterocycles. The van der Waals surface area contributed by atoms with Crippen molar-refractivity contribution in [3.8, 4) is 5.75 Å². The van der Waals surface area contributed by atoms with Crippen LogP contribution < -0.4 is 20.7 Å². The molecular formula is C41H57N3O4S. The van der Waals surface area contributed by atoms with E-state index in [0.29, 0.717) is 30.2 Å². The number of nitrogens with one attached hydrogen (secondary N) is 3. The van der Waals surface area contributed by atoms with Crippen molar-refractivity contribution in [1.29, 1.82) is 0 Å². The largest absolute Gasteiger partial charge is 0.497 e. The first kappa shape index (κ1) is 35.8. The summed E-state index contributed by atoms with van der Waals surface area (Å²) in [5.74, 6) is 1.41. The van der Waals surface area contributed by atoms with Crippen molar-refractivity contribution in [1.82, 2.24) is 10.6 Å². The number of anilines is 1. The number of ketones is 2. The van der Waals surface area contributed by atoms with Gasteiger partial charge in [0, 0.05) is 35.5 Å². The number of hydrogen-bond donors (Lipinski definition) is 3. The maximum absolute atomic E-state index is 14.6. The Morgan fingerprint density at radius 2 is 1.59 bits per heavy atom. The Morgan fingerprint density at radius 1 is 0.939 bits per heavy atom. The number of methoxy groups -OCH3 is 1. The number of ether oxygens (including phenoxy) is 1. The zero-order valence-corrected chi connectivity index (χ0v) is 31.8. The summed E-state index contributed by atoms with van der Waals surface area (Å²) in [6.45, 7) is 21.0. The lowest BCUT2D eigenvalue weighted by Gasteiger charge is -2.70. The number of thiocarbonyl (C=S) groups is 1. The Balaban J connectivity index is 1.18. The number of rotatable bonds is 6. The highest BCUT2D eigenvalue weighted by Crippen LogP contribution is 2.75. The SMILES string of the molecule is C=C1C[C@]2(C)[C@H]3C(=O)C=C4[C@@H]5C[C@@](C)(C(=O)NCCNC(=S)Nc6ccc(OC)cc6)CC[C@]5(C)CC[C@@]4(C)[C@]3(C)CC[C@H]2C(C)(C)C1=O. The molecule has 5 aliphatic rings. The molecule has 0 aliphatic heterocycles. The summed E-state index contributed by atoms with van der Waals surface area (Å²) >= 11 is 5.46. The van der Waals surface area contributed by atoms with E-state index < -0.39 is 10.8 Å². The van der Waals surface area contributed by atoms with E-state index in [1.165, 1.54) is 5.57 Å². The lowest BCUT2D eigenvalue weighted by Crippen LogP contribution is -2.66. The second-order valence-electron chi connectivity index (χ2n) is 17.9. The summed E-state index contributed by atoms with van der Waals surface area (Å²) in [5, 5.41) is 10.1. The number of fused-ring (bicyclic) bond motifs is 7. The third kappa shape index (κ3) is 5.50. The number of amides is 1. The highest BCUT2D eigenvalue weighted by Gasteiger charge is 2.70. The Morgan fingerprint density at radius 3 is 2.27 bits per heavy atom. The van der Waals surface area contributed by atoms with E-state index in [4.69, 9.17) is 17.0 Å². The van der Waals surface area contributed by atoms with Crippen LogP contribution in [0.2, 0.25) is 0 Å². The van der Waals surface area contributed by atoms with Gasteiger partial charge in [-0.2, -0.15) is 0 Å². The summed E-state index contributed by atoms with van der Waals surface area (Å²) in [6.07, 6.45) is 9.21. The first-order valence-electron chi connectivity index (χ1n) is 18.3. The first-order valence-corrected chi connectivity index (χ1v) is 18.7. The van der Waals surface area contributed by atoms with Gasteiger partial charge in [-0.05, 0) is 133 Å². The Hall–Kier alpha value is -3.00. The first-order chi connectivity index (χ1) is 22.8. The number of carbonyl (C=O) groups excluding carboxylic acids is 3. The van der Waals surface area contributed by atoms with Crippen LogP contribution in [0.25, 0.3) is 0 Å². The van der Waals surface area contributed by atoms with Crippen LogP contribution in [0.4, 0.5) is 5.69 Å². The van der Waals surface area contributed by atoms with Crippen molar-refractivity contribution < 1.29 is 19.1 Å². The highest BCUT2D eigenvalue weighted by atomic mass is 32.1. The maximum atomic E-state index is 14.6. The summed E-state index contributed by atoms with van der Waals surface area (Å²) in [6, 6.07) is 7.55. The molecule has 0 radical (unpaired) electrons. The van der Waals surface area contributed by atoms with Crippen LogP contribution >= 0.6 is 12.2 Å². The number of hydrogen-bond acceptors (Lipinski definition) is 5. The van der Waals surface area contributed by atoms with Crippen LogP contribution in [-0.4, -0.2) is 42.8 Å². The maximum Gasteiger partial charge on any atom is 0.226 e. The van der Waals surface area contributed by atoms with Gasteiger partial charge in [0.25, 0.3) is 0 Å². The molecule has 7 nitrogen and oxygen atoms in total. The molecule has 5 aliphatic carbocycles. The number of allylic oxidation sites excluding steroid dienone is 3. The number of Topliss-reactive ketones (excluding diaryl/α,β-unsaturated/α-hetero) is 1. The molecule has 8 heteroatoms. The molecule has 0 bridgehead atoms. The van der Waals surface area contributed by atoms with E-state index in [-0.39, 0.29) is 56.9 Å². The Kier molecular flexibility index (Phi) is 8.81. The molecule has 1 aromatic carbocycles. The quantitative estimate of drug-likeness (QED) is 0.160. The third-order valence-corrected chi connectivity index (χ3v) is 15.1. The minimum Gasteiger partial charge on any atom is -0.497 e. The van der Waals surface area contributed by atoms with Crippen molar-refractivity contribution in [2.75, 3.05) is 25.5 Å². The van der Waals surface area contributed by atoms with E-state index >= 15 is 0 Å². The third-order valence-electron chi connectivity index (χ3n) is 14.8. The topological polar surface area (TPSA) is 96.5 Å². The van der Waals surface area contributed by atoms with Crippen LogP contribution in [0.1, 0.15) is 99.8 Å². The fourth-order valence-electron chi connectivity index (χ4n) is 11.8. The van der Waals surface area contributed by atoms with Crippen molar-refractivity contribution in [2.24, 2.45) is 50.2 Å². The predicted molar refractivity (Wildman–Crippen MR) is 199 cm³/mol. The second kappa shape index (κ2) is 12.1. The molecule has 266 valence electrons. The van der Waals surface area contributed by atoms with Crippen LogP contribution in [0.15, 0.2) is 48.1 Å². The lowest BCUT2D eigenvalue weighted by atomic mass is 9.33.